The van der Waals surface area contributed by atoms with Gasteiger partial charge in [-0.15, -0.1) is 0 Å². The van der Waals surface area contributed by atoms with Gasteiger partial charge in [-0.2, -0.15) is 0 Å². The van der Waals surface area contributed by atoms with E-state index in [0.29, 0.717) is 36.5 Å². The van der Waals surface area contributed by atoms with Crippen LogP contribution < -0.4 is 10.1 Å². The number of hydrogen-bond donors (Lipinski definition) is 1. The van der Waals surface area contributed by atoms with Gasteiger partial charge in [-0.05, 0) is 49.4 Å². The first-order valence-corrected chi connectivity index (χ1v) is 10.1. The fraction of sp³-hybridized carbons (Fsp3) is 0.545. The molecule has 1 heterocycles. The van der Waals surface area contributed by atoms with Crippen molar-refractivity contribution in [3.8, 4) is 17.1 Å². The molecule has 1 aromatic carbocycles. The number of nitrogens with one attached hydrogen (secondary N) is 1. The minimum absolute atomic E-state index is 0.104. The lowest BCUT2D eigenvalue weighted by molar-refractivity contribution is -0.122. The van der Waals surface area contributed by atoms with Crippen LogP contribution in [0.1, 0.15) is 57.8 Å². The standard InChI is InChI=1S/C22H30N2O3/c1-3-4-6-16-7-5-8-19(16)24-21(25)13-14-22-23-15-20(27-22)17-9-11-18(26-2)12-10-17/h9-12,15-16,19H,3-8,13-14H2,1-2H3,(H,24,25). The van der Waals surface area contributed by atoms with Crippen molar-refractivity contribution in [2.45, 2.75) is 64.3 Å². The molecule has 1 aromatic heterocycles. The number of unbranched alkanes of at least 4 members (excludes halogenated alkanes) is 1. The number of rotatable bonds is 9. The predicted molar refractivity (Wildman–Crippen MR) is 106 cm³/mol. The number of carbonyl (C=O) groups is 1. The van der Waals surface area contributed by atoms with Crippen LogP contribution in [0.15, 0.2) is 34.9 Å². The first kappa shape index (κ1) is 19.5. The lowest BCUT2D eigenvalue weighted by Gasteiger charge is -2.20. The summed E-state index contributed by atoms with van der Waals surface area (Å²) in [6, 6.07) is 8.01. The number of nitrogens with zero attached hydrogens (tertiary/aromatic N) is 1. The molecule has 1 saturated carbocycles. The highest BCUT2D eigenvalue weighted by molar-refractivity contribution is 5.76. The zero-order chi connectivity index (χ0) is 19.1. The van der Waals surface area contributed by atoms with Crippen LogP contribution in [0.25, 0.3) is 11.3 Å². The number of ether oxygens (including phenoxy) is 1. The number of benzene rings is 1. The van der Waals surface area contributed by atoms with Gasteiger partial charge in [0.2, 0.25) is 5.91 Å². The molecule has 0 spiro atoms. The van der Waals surface area contributed by atoms with E-state index < -0.39 is 0 Å². The van der Waals surface area contributed by atoms with E-state index in [2.05, 4.69) is 17.2 Å². The Labute approximate surface area is 161 Å². The van der Waals surface area contributed by atoms with E-state index in [1.807, 2.05) is 24.3 Å². The summed E-state index contributed by atoms with van der Waals surface area (Å²) in [5.74, 6) is 2.87. The summed E-state index contributed by atoms with van der Waals surface area (Å²) >= 11 is 0. The molecule has 3 rings (SSSR count). The van der Waals surface area contributed by atoms with Crippen molar-refractivity contribution in [3.63, 3.8) is 0 Å². The van der Waals surface area contributed by atoms with Crippen LogP contribution in [0, 0.1) is 5.92 Å². The number of hydrogen-bond acceptors (Lipinski definition) is 4. The van der Waals surface area contributed by atoms with Crippen LogP contribution in [0.2, 0.25) is 0 Å². The molecular weight excluding hydrogens is 340 g/mol. The van der Waals surface area contributed by atoms with Gasteiger partial charge in [0.05, 0.1) is 13.3 Å². The highest BCUT2D eigenvalue weighted by Crippen LogP contribution is 2.30. The van der Waals surface area contributed by atoms with Crippen LogP contribution in [0.5, 0.6) is 5.75 Å². The normalized spacial score (nSPS) is 19.2. The first-order chi connectivity index (χ1) is 13.2. The van der Waals surface area contributed by atoms with Crippen molar-refractivity contribution in [2.24, 2.45) is 5.92 Å². The Morgan fingerprint density at radius 2 is 2.11 bits per heavy atom. The Morgan fingerprint density at radius 3 is 2.85 bits per heavy atom. The van der Waals surface area contributed by atoms with Gasteiger partial charge in [0.1, 0.15) is 5.75 Å². The molecule has 0 bridgehead atoms. The molecule has 146 valence electrons. The van der Waals surface area contributed by atoms with Crippen LogP contribution in [0.4, 0.5) is 0 Å². The molecule has 5 nitrogen and oxygen atoms in total. The molecule has 1 aliphatic carbocycles. The number of oxazole rings is 1. The highest BCUT2D eigenvalue weighted by atomic mass is 16.5. The van der Waals surface area contributed by atoms with Crippen LogP contribution in [-0.4, -0.2) is 24.0 Å². The summed E-state index contributed by atoms with van der Waals surface area (Å²) in [6.45, 7) is 2.22. The smallest absolute Gasteiger partial charge is 0.220 e. The zero-order valence-electron chi connectivity index (χ0n) is 16.4. The number of amides is 1. The van der Waals surface area contributed by atoms with Crippen LogP contribution >= 0.6 is 0 Å². The SMILES string of the molecule is CCCCC1CCCC1NC(=O)CCc1ncc(-c2ccc(OC)cc2)o1. The predicted octanol–water partition coefficient (Wildman–Crippen LogP) is 4.76. The monoisotopic (exact) mass is 370 g/mol. The summed E-state index contributed by atoms with van der Waals surface area (Å²) in [5.41, 5.74) is 0.948. The Morgan fingerprint density at radius 1 is 1.30 bits per heavy atom. The first-order valence-electron chi connectivity index (χ1n) is 10.1. The quantitative estimate of drug-likeness (QED) is 0.691. The van der Waals surface area contributed by atoms with E-state index in [0.717, 1.165) is 17.7 Å². The largest absolute Gasteiger partial charge is 0.497 e. The second-order valence-electron chi connectivity index (χ2n) is 7.35. The van der Waals surface area contributed by atoms with E-state index in [1.54, 1.807) is 13.3 Å². The van der Waals surface area contributed by atoms with Gasteiger partial charge in [0, 0.05) is 24.4 Å². The Kier molecular flexibility index (Phi) is 6.91. The number of carbonyl (C=O) groups excluding carboxylic acids is 1. The summed E-state index contributed by atoms with van der Waals surface area (Å²) in [7, 11) is 1.64. The fourth-order valence-corrected chi connectivity index (χ4v) is 3.85. The molecule has 0 aliphatic heterocycles. The minimum atomic E-state index is 0.104. The molecule has 27 heavy (non-hydrogen) atoms. The fourth-order valence-electron chi connectivity index (χ4n) is 3.85. The van der Waals surface area contributed by atoms with Gasteiger partial charge >= 0.3 is 0 Å². The summed E-state index contributed by atoms with van der Waals surface area (Å²) in [5, 5.41) is 3.24. The molecule has 2 unspecified atom stereocenters. The lowest BCUT2D eigenvalue weighted by atomic mass is 9.96. The van der Waals surface area contributed by atoms with E-state index in [4.69, 9.17) is 9.15 Å². The maximum atomic E-state index is 12.3. The highest BCUT2D eigenvalue weighted by Gasteiger charge is 2.27. The Hall–Kier alpha value is -2.30. The molecular formula is C22H30N2O3. The summed E-state index contributed by atoms with van der Waals surface area (Å²) < 4.78 is 11.0. The third-order valence-electron chi connectivity index (χ3n) is 5.43. The van der Waals surface area contributed by atoms with Crippen LogP contribution in [-0.2, 0) is 11.2 Å². The molecule has 0 saturated heterocycles. The van der Waals surface area contributed by atoms with E-state index in [9.17, 15) is 4.79 Å². The van der Waals surface area contributed by atoms with Crippen molar-refractivity contribution < 1.29 is 13.9 Å². The maximum absolute atomic E-state index is 12.3. The lowest BCUT2D eigenvalue weighted by Crippen LogP contribution is -2.37. The molecule has 2 aromatic rings. The van der Waals surface area contributed by atoms with Gasteiger partial charge in [0.15, 0.2) is 11.7 Å². The zero-order valence-corrected chi connectivity index (χ0v) is 16.4. The molecule has 0 radical (unpaired) electrons. The van der Waals surface area contributed by atoms with Gasteiger partial charge in [0.25, 0.3) is 0 Å². The van der Waals surface area contributed by atoms with Gasteiger partial charge in [-0.1, -0.05) is 26.2 Å². The number of aryl methyl sites for hydroxylation is 1. The van der Waals surface area contributed by atoms with Gasteiger partial charge in [-0.3, -0.25) is 4.79 Å². The maximum Gasteiger partial charge on any atom is 0.220 e. The number of methoxy groups -OCH3 is 1. The van der Waals surface area contributed by atoms with E-state index >= 15 is 0 Å². The summed E-state index contributed by atoms with van der Waals surface area (Å²) in [6.07, 6.45) is 9.94. The van der Waals surface area contributed by atoms with Crippen molar-refractivity contribution in [1.82, 2.24) is 10.3 Å². The average molecular weight is 370 g/mol. The second-order valence-corrected chi connectivity index (χ2v) is 7.35. The number of aromatic nitrogens is 1. The second kappa shape index (κ2) is 9.58. The van der Waals surface area contributed by atoms with Gasteiger partial charge < -0.3 is 14.5 Å². The Balaban J connectivity index is 1.48. The minimum Gasteiger partial charge on any atom is -0.497 e. The van der Waals surface area contributed by atoms with Gasteiger partial charge in [-0.25, -0.2) is 4.98 Å². The molecule has 1 N–H and O–H groups in total. The van der Waals surface area contributed by atoms with Crippen molar-refractivity contribution in [1.29, 1.82) is 0 Å². The van der Waals surface area contributed by atoms with Crippen molar-refractivity contribution >= 4 is 5.91 Å². The van der Waals surface area contributed by atoms with E-state index in [1.165, 1.54) is 32.1 Å². The molecule has 1 aliphatic rings. The topological polar surface area (TPSA) is 64.4 Å². The summed E-state index contributed by atoms with van der Waals surface area (Å²) in [4.78, 5) is 16.7. The third kappa shape index (κ3) is 5.34. The average Bonchev–Trinajstić information content (AvgIpc) is 3.34. The van der Waals surface area contributed by atoms with Crippen LogP contribution in [0.3, 0.4) is 0 Å². The Bertz CT molecular complexity index is 723. The molecule has 1 fully saturated rings. The van der Waals surface area contributed by atoms with Crippen molar-refractivity contribution in [2.75, 3.05) is 7.11 Å². The van der Waals surface area contributed by atoms with E-state index in [-0.39, 0.29) is 5.91 Å². The molecule has 2 atom stereocenters. The molecule has 5 heteroatoms. The molecule has 1 amide bonds. The van der Waals surface area contributed by atoms with Crippen molar-refractivity contribution in [3.05, 3.63) is 36.4 Å². The third-order valence-corrected chi connectivity index (χ3v) is 5.43.